The van der Waals surface area contributed by atoms with Crippen LogP contribution in [0.4, 0.5) is 17.2 Å². The van der Waals surface area contributed by atoms with Gasteiger partial charge >= 0.3 is 5.91 Å². The van der Waals surface area contributed by atoms with Gasteiger partial charge in [0, 0.05) is 11.5 Å². The molecule has 202 valence electrons. The Kier molecular flexibility index (Phi) is 8.85. The first-order valence-electron chi connectivity index (χ1n) is 13.7. The first-order chi connectivity index (χ1) is 18.7. The van der Waals surface area contributed by atoms with E-state index in [0.29, 0.717) is 34.7 Å². The highest BCUT2D eigenvalue weighted by atomic mass is 79.9. The van der Waals surface area contributed by atoms with Crippen molar-refractivity contribution < 1.29 is 9.53 Å². The van der Waals surface area contributed by atoms with Gasteiger partial charge in [-0.3, -0.25) is 15.1 Å². The van der Waals surface area contributed by atoms with Crippen molar-refractivity contribution in [1.82, 2.24) is 4.98 Å². The smallest absolute Gasteiger partial charge is 0.308 e. The lowest BCUT2D eigenvalue weighted by Gasteiger charge is -2.40. The maximum atomic E-state index is 13.7. The van der Waals surface area contributed by atoms with Crippen molar-refractivity contribution >= 4 is 68.5 Å². The molecule has 1 aromatic heterocycles. The predicted octanol–water partition coefficient (Wildman–Crippen LogP) is 5.88. The van der Waals surface area contributed by atoms with Crippen LogP contribution in [0.1, 0.15) is 75.6 Å². The number of benzene rings is 1. The van der Waals surface area contributed by atoms with E-state index in [1.165, 1.54) is 4.90 Å². The molecule has 40 heavy (non-hydrogen) atoms. The average molecular weight is 595 g/mol. The van der Waals surface area contributed by atoms with Gasteiger partial charge in [-0.25, -0.2) is 4.98 Å². The highest BCUT2D eigenvalue weighted by Gasteiger charge is 2.36. The van der Waals surface area contributed by atoms with Crippen LogP contribution in [0.2, 0.25) is 5.11 Å². The van der Waals surface area contributed by atoms with Gasteiger partial charge in [0.15, 0.2) is 0 Å². The minimum absolute atomic E-state index is 0.0423. The molecule has 2 aliphatic carbocycles. The summed E-state index contributed by atoms with van der Waals surface area (Å²) in [6.45, 7) is 8.72. The Labute approximate surface area is 250 Å². The molecule has 2 unspecified atom stereocenters. The van der Waals surface area contributed by atoms with Crippen LogP contribution in [-0.2, 0) is 9.53 Å². The zero-order valence-electron chi connectivity index (χ0n) is 23.9. The molecule has 10 heteroatoms. The van der Waals surface area contributed by atoms with Crippen molar-refractivity contribution in [3.8, 4) is 11.8 Å². The lowest BCUT2D eigenvalue weighted by Crippen LogP contribution is -2.36. The van der Waals surface area contributed by atoms with E-state index in [2.05, 4.69) is 59.9 Å². The number of amides is 1. The van der Waals surface area contributed by atoms with Crippen molar-refractivity contribution in [3.05, 3.63) is 45.6 Å². The van der Waals surface area contributed by atoms with Crippen LogP contribution < -0.4 is 10.2 Å². The first-order valence-corrected chi connectivity index (χ1v) is 14.5. The molecule has 2 aromatic rings. The molecular weight excluding hydrogens is 561 g/mol. The van der Waals surface area contributed by atoms with Gasteiger partial charge in [0.1, 0.15) is 17.6 Å². The molecule has 6 nitrogen and oxygen atoms in total. The van der Waals surface area contributed by atoms with Gasteiger partial charge in [0.25, 0.3) is 0 Å². The zero-order valence-corrected chi connectivity index (χ0v) is 25.5. The number of nitrogens with zero attached hydrogens (tertiary/aromatic N) is 2. The van der Waals surface area contributed by atoms with Crippen molar-refractivity contribution in [2.45, 2.75) is 76.9 Å². The van der Waals surface area contributed by atoms with E-state index in [9.17, 15) is 4.79 Å². The topological polar surface area (TPSA) is 78.3 Å². The Morgan fingerprint density at radius 1 is 1.23 bits per heavy atom. The average Bonchev–Trinajstić information content (AvgIpc) is 3.72. The SMILES string of the molecule is [B]C([B])([B])C#CC(=O)N(c1ccc(NC)c(C(=N)OC2CCC(C)C(C)(C)C2)n1)c1cc(C)c(Br)cc1C1CC1. The molecule has 2 fully saturated rings. The number of anilines is 3. The Balaban J connectivity index is 1.77. The second kappa shape index (κ2) is 11.7. The molecule has 0 saturated heterocycles. The molecule has 2 N–H and O–H groups in total. The van der Waals surface area contributed by atoms with Gasteiger partial charge in [-0.2, -0.15) is 0 Å². The van der Waals surface area contributed by atoms with Crippen LogP contribution in [0.3, 0.4) is 0 Å². The van der Waals surface area contributed by atoms with E-state index in [-0.39, 0.29) is 17.4 Å². The molecule has 6 radical (unpaired) electrons. The van der Waals surface area contributed by atoms with Crippen molar-refractivity contribution in [2.75, 3.05) is 17.3 Å². The van der Waals surface area contributed by atoms with E-state index in [1.807, 2.05) is 13.0 Å². The number of halogens is 1. The first kappa shape index (κ1) is 30.3. The fourth-order valence-electron chi connectivity index (χ4n) is 5.14. The molecule has 4 rings (SSSR count). The van der Waals surface area contributed by atoms with Gasteiger partial charge in [0.05, 0.1) is 34.9 Å². The fourth-order valence-corrected chi connectivity index (χ4v) is 5.50. The van der Waals surface area contributed by atoms with Crippen molar-refractivity contribution in [3.63, 3.8) is 0 Å². The zero-order chi connectivity index (χ0) is 29.4. The molecule has 0 bridgehead atoms. The number of carbonyl (C=O) groups is 1. The molecule has 0 spiro atoms. The summed E-state index contributed by atoms with van der Waals surface area (Å²) in [7, 11) is 18.7. The predicted molar refractivity (Wildman–Crippen MR) is 168 cm³/mol. The van der Waals surface area contributed by atoms with E-state index in [4.69, 9.17) is 38.7 Å². The summed E-state index contributed by atoms with van der Waals surface area (Å²) in [5.74, 6) is 5.53. The molecule has 1 amide bonds. The Morgan fingerprint density at radius 3 is 2.52 bits per heavy atom. The summed E-state index contributed by atoms with van der Waals surface area (Å²) in [6.07, 6.45) is 4.74. The van der Waals surface area contributed by atoms with Crippen LogP contribution in [0, 0.1) is 35.5 Å². The lowest BCUT2D eigenvalue weighted by molar-refractivity contribution is -0.112. The number of aryl methyl sites for hydroxylation is 1. The van der Waals surface area contributed by atoms with Crippen molar-refractivity contribution in [1.29, 1.82) is 5.41 Å². The molecule has 0 aliphatic heterocycles. The number of rotatable bonds is 6. The molecule has 2 atom stereocenters. The minimum atomic E-state index is -1.83. The summed E-state index contributed by atoms with van der Waals surface area (Å²) in [5, 5.41) is 10.1. The Morgan fingerprint density at radius 2 is 1.93 bits per heavy atom. The van der Waals surface area contributed by atoms with E-state index >= 15 is 0 Å². The quantitative estimate of drug-likeness (QED) is 0.190. The summed E-state index contributed by atoms with van der Waals surface area (Å²) in [6, 6.07) is 7.51. The normalized spacial score (nSPS) is 20.1. The Hall–Kier alpha value is -2.66. The monoisotopic (exact) mass is 594 g/mol. The molecule has 2 saturated carbocycles. The van der Waals surface area contributed by atoms with E-state index in [1.54, 1.807) is 19.2 Å². The highest BCUT2D eigenvalue weighted by Crippen LogP contribution is 2.47. The van der Waals surface area contributed by atoms with Gasteiger partial charge in [0.2, 0.25) is 5.90 Å². The van der Waals surface area contributed by atoms with E-state index in [0.717, 1.165) is 47.7 Å². The molecule has 2 aliphatic rings. The number of aromatic nitrogens is 1. The van der Waals surface area contributed by atoms with Gasteiger partial charge in [-0.1, -0.05) is 41.8 Å². The number of carbonyl (C=O) groups excluding carboxylic acids is 1. The number of pyridine rings is 1. The largest absolute Gasteiger partial charge is 0.473 e. The van der Waals surface area contributed by atoms with Gasteiger partial charge in [-0.05, 0) is 97.6 Å². The maximum Gasteiger partial charge on any atom is 0.308 e. The van der Waals surface area contributed by atoms with Crippen LogP contribution >= 0.6 is 15.9 Å². The standard InChI is InChI=1S/C30H34B3BrN4O2/c1-17-14-24(21(15-22(17)34)19-7-8-19)38(26(39)12-13-30(31,32)33)25-11-10-23(36-5)27(37-25)28(35)40-20-9-6-18(2)29(3,4)16-20/h10-11,14-15,18-20,35-36H,6-9,16H2,1-5H3. The maximum absolute atomic E-state index is 13.7. The van der Waals surface area contributed by atoms with Crippen LogP contribution in [0.15, 0.2) is 28.7 Å². The number of hydrogen-bond donors (Lipinski definition) is 2. The number of nitrogens with one attached hydrogen (secondary N) is 2. The number of ether oxygens (including phenoxy) is 1. The van der Waals surface area contributed by atoms with Gasteiger partial charge < -0.3 is 10.1 Å². The summed E-state index contributed by atoms with van der Waals surface area (Å²) in [4.78, 5) is 19.9. The summed E-state index contributed by atoms with van der Waals surface area (Å²) < 4.78 is 7.16. The summed E-state index contributed by atoms with van der Waals surface area (Å²) in [5.41, 5.74) is 3.69. The van der Waals surface area contributed by atoms with Gasteiger partial charge in [-0.15, -0.1) is 5.92 Å². The molecule has 1 heterocycles. The molecular formula is C30H34B3BrN4O2. The lowest BCUT2D eigenvalue weighted by atomic mass is 9.43. The van der Waals surface area contributed by atoms with Crippen LogP contribution in [0.5, 0.6) is 0 Å². The van der Waals surface area contributed by atoms with Crippen LogP contribution in [-0.4, -0.2) is 53.5 Å². The Bertz CT molecular complexity index is 1380. The number of hydrogen-bond acceptors (Lipinski definition) is 5. The van der Waals surface area contributed by atoms with Crippen molar-refractivity contribution in [2.24, 2.45) is 11.3 Å². The minimum Gasteiger partial charge on any atom is -0.473 e. The van der Waals surface area contributed by atoms with E-state index < -0.39 is 11.0 Å². The highest BCUT2D eigenvalue weighted by molar-refractivity contribution is 9.10. The summed E-state index contributed by atoms with van der Waals surface area (Å²) >= 11 is 3.63. The fraction of sp³-hybridized carbons (Fsp3) is 0.500. The third-order valence-electron chi connectivity index (χ3n) is 8.04. The third-order valence-corrected chi connectivity index (χ3v) is 8.90. The molecule has 1 aromatic carbocycles. The van der Waals surface area contributed by atoms with Crippen LogP contribution in [0.25, 0.3) is 0 Å². The third kappa shape index (κ3) is 6.97. The second-order valence-electron chi connectivity index (χ2n) is 11.8. The second-order valence-corrected chi connectivity index (χ2v) is 12.7.